The van der Waals surface area contributed by atoms with Gasteiger partial charge in [0.05, 0.1) is 10.6 Å². The van der Waals surface area contributed by atoms with E-state index in [2.05, 4.69) is 10.4 Å². The molecule has 31 heavy (non-hydrogen) atoms. The summed E-state index contributed by atoms with van der Waals surface area (Å²) in [7, 11) is 0. The summed E-state index contributed by atoms with van der Waals surface area (Å²) in [4.78, 5) is 37.6. The number of nitro groups is 1. The molecule has 2 aromatic carbocycles. The van der Waals surface area contributed by atoms with Gasteiger partial charge in [0.1, 0.15) is 6.04 Å². The van der Waals surface area contributed by atoms with Crippen molar-refractivity contribution in [3.63, 3.8) is 0 Å². The highest BCUT2D eigenvalue weighted by Gasteiger charge is 2.27. The third kappa shape index (κ3) is 5.13. The van der Waals surface area contributed by atoms with Gasteiger partial charge in [-0.05, 0) is 43.7 Å². The number of hydrogen-bond donors (Lipinski definition) is 1. The fourth-order valence-electron chi connectivity index (χ4n) is 3.08. The first kappa shape index (κ1) is 21.7. The monoisotopic (exact) mass is 421 g/mol. The van der Waals surface area contributed by atoms with Crippen LogP contribution in [0.3, 0.4) is 0 Å². The zero-order chi connectivity index (χ0) is 22.4. The Hall–Kier alpha value is -4.01. The molecule has 0 aliphatic carbocycles. The van der Waals surface area contributed by atoms with E-state index < -0.39 is 11.0 Å². The highest BCUT2D eigenvalue weighted by Crippen LogP contribution is 2.16. The molecular formula is C22H23N5O4. The molecule has 1 atom stereocenters. The summed E-state index contributed by atoms with van der Waals surface area (Å²) >= 11 is 0. The SMILES string of the molecule is CCCN(C(=O)c1ccn(-c2ccc([N+](=O)[O-])cc2)n1)C(C)C(=O)Nc1ccccc1. The maximum absolute atomic E-state index is 13.1. The van der Waals surface area contributed by atoms with Gasteiger partial charge in [-0.2, -0.15) is 5.10 Å². The molecule has 0 saturated carbocycles. The second kappa shape index (κ2) is 9.66. The van der Waals surface area contributed by atoms with Gasteiger partial charge in [-0.3, -0.25) is 19.7 Å². The van der Waals surface area contributed by atoms with Crippen LogP contribution in [0.15, 0.2) is 66.9 Å². The van der Waals surface area contributed by atoms with Crippen LogP contribution in [0, 0.1) is 10.1 Å². The van der Waals surface area contributed by atoms with Crippen molar-refractivity contribution in [2.75, 3.05) is 11.9 Å². The number of aromatic nitrogens is 2. The van der Waals surface area contributed by atoms with Crippen molar-refractivity contribution in [3.8, 4) is 5.69 Å². The van der Waals surface area contributed by atoms with Crippen LogP contribution in [0.2, 0.25) is 0 Å². The predicted octanol–water partition coefficient (Wildman–Crippen LogP) is 3.66. The molecule has 1 aromatic heterocycles. The Bertz CT molecular complexity index is 1060. The van der Waals surface area contributed by atoms with Crippen LogP contribution in [0.5, 0.6) is 0 Å². The van der Waals surface area contributed by atoms with E-state index in [1.165, 1.54) is 21.7 Å². The van der Waals surface area contributed by atoms with Gasteiger partial charge in [0.2, 0.25) is 5.91 Å². The van der Waals surface area contributed by atoms with Crippen LogP contribution < -0.4 is 5.32 Å². The number of anilines is 1. The Balaban J connectivity index is 1.76. The number of amides is 2. The minimum Gasteiger partial charge on any atom is -0.326 e. The van der Waals surface area contributed by atoms with E-state index in [-0.39, 0.29) is 23.2 Å². The number of nitrogens with one attached hydrogen (secondary N) is 1. The molecule has 0 saturated heterocycles. The van der Waals surface area contributed by atoms with Crippen molar-refractivity contribution in [3.05, 3.63) is 82.7 Å². The second-order valence-corrected chi connectivity index (χ2v) is 6.95. The number of nitrogens with zero attached hydrogens (tertiary/aromatic N) is 4. The molecule has 0 radical (unpaired) electrons. The molecule has 0 spiro atoms. The number of carbonyl (C=O) groups is 2. The van der Waals surface area contributed by atoms with Crippen LogP contribution in [0.25, 0.3) is 5.69 Å². The van der Waals surface area contributed by atoms with Gasteiger partial charge in [-0.15, -0.1) is 0 Å². The lowest BCUT2D eigenvalue weighted by atomic mass is 10.2. The fraction of sp³-hybridized carbons (Fsp3) is 0.227. The molecule has 3 rings (SSSR count). The lowest BCUT2D eigenvalue weighted by molar-refractivity contribution is -0.384. The maximum atomic E-state index is 13.1. The summed E-state index contributed by atoms with van der Waals surface area (Å²) in [5, 5.41) is 17.9. The molecule has 160 valence electrons. The van der Waals surface area contributed by atoms with Gasteiger partial charge in [-0.1, -0.05) is 25.1 Å². The highest BCUT2D eigenvalue weighted by atomic mass is 16.6. The van der Waals surface area contributed by atoms with Gasteiger partial charge in [-0.25, -0.2) is 4.68 Å². The van der Waals surface area contributed by atoms with Crippen LogP contribution in [0.4, 0.5) is 11.4 Å². The van der Waals surface area contributed by atoms with Crippen molar-refractivity contribution in [1.82, 2.24) is 14.7 Å². The Morgan fingerprint density at radius 1 is 1.13 bits per heavy atom. The van der Waals surface area contributed by atoms with E-state index in [0.29, 0.717) is 24.3 Å². The Morgan fingerprint density at radius 3 is 2.42 bits per heavy atom. The van der Waals surface area contributed by atoms with Crippen molar-refractivity contribution in [1.29, 1.82) is 0 Å². The molecule has 2 amide bonds. The normalized spacial score (nSPS) is 11.5. The van der Waals surface area contributed by atoms with Crippen molar-refractivity contribution >= 4 is 23.2 Å². The molecule has 1 unspecified atom stereocenters. The van der Waals surface area contributed by atoms with Crippen LogP contribution in [-0.2, 0) is 4.79 Å². The van der Waals surface area contributed by atoms with Crippen molar-refractivity contribution < 1.29 is 14.5 Å². The average molecular weight is 421 g/mol. The van der Waals surface area contributed by atoms with Gasteiger partial charge in [0, 0.05) is 30.6 Å². The standard InChI is InChI=1S/C22H23N5O4/c1-3-14-25(16(2)21(28)23-17-7-5-4-6-8-17)22(29)20-13-15-26(24-20)18-9-11-19(12-10-18)27(30)31/h4-13,15-16H,3,14H2,1-2H3,(H,23,28). The minimum atomic E-state index is -0.697. The molecule has 9 nitrogen and oxygen atoms in total. The van der Waals surface area contributed by atoms with E-state index in [4.69, 9.17) is 0 Å². The lowest BCUT2D eigenvalue weighted by Gasteiger charge is -2.27. The zero-order valence-electron chi connectivity index (χ0n) is 17.3. The van der Waals surface area contributed by atoms with Crippen molar-refractivity contribution in [2.45, 2.75) is 26.3 Å². The second-order valence-electron chi connectivity index (χ2n) is 6.95. The van der Waals surface area contributed by atoms with Crippen molar-refractivity contribution in [2.24, 2.45) is 0 Å². The Kier molecular flexibility index (Phi) is 6.76. The number of carbonyl (C=O) groups excluding carboxylic acids is 2. The quantitative estimate of drug-likeness (QED) is 0.441. The topological polar surface area (TPSA) is 110 Å². The molecular weight excluding hydrogens is 398 g/mol. The summed E-state index contributed by atoms with van der Waals surface area (Å²) in [6.07, 6.45) is 2.28. The number of hydrogen-bond acceptors (Lipinski definition) is 5. The van der Waals surface area contributed by atoms with Crippen LogP contribution >= 0.6 is 0 Å². The van der Waals surface area contributed by atoms with Gasteiger partial charge in [0.15, 0.2) is 5.69 Å². The summed E-state index contributed by atoms with van der Waals surface area (Å²) in [5.41, 5.74) is 1.40. The smallest absolute Gasteiger partial charge is 0.275 e. The molecule has 1 heterocycles. The number of nitro benzene ring substituents is 1. The third-order valence-electron chi connectivity index (χ3n) is 4.75. The first-order valence-corrected chi connectivity index (χ1v) is 9.88. The third-order valence-corrected chi connectivity index (χ3v) is 4.75. The molecule has 0 aliphatic rings. The maximum Gasteiger partial charge on any atom is 0.275 e. The van der Waals surface area contributed by atoms with Gasteiger partial charge >= 0.3 is 0 Å². The predicted molar refractivity (Wildman–Crippen MR) is 116 cm³/mol. The zero-order valence-corrected chi connectivity index (χ0v) is 17.3. The Labute approximate surface area is 179 Å². The Morgan fingerprint density at radius 2 is 1.81 bits per heavy atom. The number of non-ortho nitro benzene ring substituents is 1. The molecule has 1 N–H and O–H groups in total. The summed E-state index contributed by atoms with van der Waals surface area (Å²) in [5.74, 6) is -0.652. The van der Waals surface area contributed by atoms with E-state index in [9.17, 15) is 19.7 Å². The fourth-order valence-corrected chi connectivity index (χ4v) is 3.08. The van der Waals surface area contributed by atoms with Crippen LogP contribution in [-0.4, -0.2) is 44.0 Å². The van der Waals surface area contributed by atoms with E-state index >= 15 is 0 Å². The van der Waals surface area contributed by atoms with Gasteiger partial charge in [0.25, 0.3) is 11.6 Å². The molecule has 3 aromatic rings. The average Bonchev–Trinajstić information content (AvgIpc) is 3.27. The molecule has 0 aliphatic heterocycles. The number of rotatable bonds is 8. The summed E-state index contributed by atoms with van der Waals surface area (Å²) in [6, 6.07) is 15.8. The first-order chi connectivity index (χ1) is 14.9. The minimum absolute atomic E-state index is 0.0282. The van der Waals surface area contributed by atoms with Gasteiger partial charge < -0.3 is 10.2 Å². The molecule has 0 fully saturated rings. The van der Waals surface area contributed by atoms with E-state index in [1.54, 1.807) is 43.5 Å². The van der Waals surface area contributed by atoms with Crippen LogP contribution in [0.1, 0.15) is 30.8 Å². The van der Waals surface area contributed by atoms with E-state index in [0.717, 1.165) is 0 Å². The largest absolute Gasteiger partial charge is 0.326 e. The molecule has 0 bridgehead atoms. The van der Waals surface area contributed by atoms with E-state index in [1.807, 2.05) is 25.1 Å². The summed E-state index contributed by atoms with van der Waals surface area (Å²) in [6.45, 7) is 4.00. The number of benzene rings is 2. The summed E-state index contributed by atoms with van der Waals surface area (Å²) < 4.78 is 1.47. The number of para-hydroxylation sites is 1. The highest BCUT2D eigenvalue weighted by molar-refractivity contribution is 6.00. The molecule has 9 heteroatoms. The lowest BCUT2D eigenvalue weighted by Crippen LogP contribution is -2.46. The first-order valence-electron chi connectivity index (χ1n) is 9.88.